The third kappa shape index (κ3) is 77.6. The maximum Gasteiger partial charge on any atom is 0.0716 e. The molecule has 134 heavy (non-hydrogen) atoms. The van der Waals surface area contributed by atoms with Crippen LogP contribution in [-0.2, 0) is 11.3 Å². The Balaban J connectivity index is 4.22. The molecule has 0 fully saturated rings. The highest BCUT2D eigenvalue weighted by atomic mass is 16.5. The monoisotopic (exact) mass is 1880 g/mol. The predicted octanol–water partition coefficient (Wildman–Crippen LogP) is 45.9. The van der Waals surface area contributed by atoms with Crippen molar-refractivity contribution in [2.75, 3.05) is 6.61 Å². The number of hydrogen-bond donors (Lipinski definition) is 2. The molecule has 0 aliphatic heterocycles. The maximum atomic E-state index is 14.0. The average molecular weight is 1880 g/mol. The zero-order valence-electron chi connectivity index (χ0n) is 95.7. The fourth-order valence-electron chi connectivity index (χ4n) is 25.4. The first-order valence-corrected chi connectivity index (χ1v) is 63.6. The second-order valence-electron chi connectivity index (χ2n) is 47.5. The number of benzene rings is 1. The van der Waals surface area contributed by atoms with Crippen LogP contribution in [0.25, 0.3) is 0 Å². The molecule has 798 valence electrons. The number of aliphatic hydroxyl groups is 2. The van der Waals surface area contributed by atoms with E-state index in [-0.39, 0.29) is 0 Å². The van der Waals surface area contributed by atoms with Crippen molar-refractivity contribution in [3.05, 3.63) is 35.9 Å². The number of unbranched alkanes of at least 4 members (excludes halogenated alkanes) is 16. The summed E-state index contributed by atoms with van der Waals surface area (Å²) in [7, 11) is 0. The largest absolute Gasteiger partial charge is 0.390 e. The minimum absolute atomic E-state index is 0.578. The number of hydrogen-bond acceptors (Lipinski definition) is 3. The second-order valence-corrected chi connectivity index (χ2v) is 47.5. The van der Waals surface area contributed by atoms with E-state index in [9.17, 15) is 10.2 Å². The summed E-state index contributed by atoms with van der Waals surface area (Å²) in [4.78, 5) is 0. The van der Waals surface area contributed by atoms with Gasteiger partial charge in [0.15, 0.2) is 0 Å². The fourth-order valence-corrected chi connectivity index (χ4v) is 25.4. The SMILES string of the molecule is CCCCC(CCCC)CCCC(CCCC(CCCC)CCCC)CCCC(O)(CCCC(CCCC(CCCC)CCCC)CCCC(CCCC)CCCC)CCCC(CCCOCc1ccccc1)CCCC(O)(CCCC(CCCC(CCCC)CCCC)CCCC(CCCC)CCCC)CCCC(CCCC(CCCC)CCCC)CCCC(CCCC)CCCC. The summed E-state index contributed by atoms with van der Waals surface area (Å²) >= 11 is 0. The molecule has 1 aromatic carbocycles. The lowest BCUT2D eigenvalue weighted by Gasteiger charge is -2.32. The second kappa shape index (κ2) is 96.9. The first kappa shape index (κ1) is 131. The minimum Gasteiger partial charge on any atom is -0.390 e. The Hall–Kier alpha value is -0.900. The quantitative estimate of drug-likeness (QED) is 0.0639. The van der Waals surface area contributed by atoms with Crippen LogP contribution in [0.2, 0.25) is 0 Å². The van der Waals surface area contributed by atoms with Crippen molar-refractivity contribution < 1.29 is 14.9 Å². The molecule has 1 aromatic rings. The molecule has 0 atom stereocenters. The van der Waals surface area contributed by atoms with Crippen LogP contribution >= 0.6 is 0 Å². The molecule has 0 saturated carbocycles. The van der Waals surface area contributed by atoms with Gasteiger partial charge in [0.05, 0.1) is 17.8 Å². The van der Waals surface area contributed by atoms with Gasteiger partial charge < -0.3 is 14.9 Å². The maximum absolute atomic E-state index is 14.0. The molecule has 0 heterocycles. The molecule has 0 bridgehead atoms. The zero-order chi connectivity index (χ0) is 97.8. The van der Waals surface area contributed by atoms with Gasteiger partial charge in [-0.05, 0) is 134 Å². The van der Waals surface area contributed by atoms with E-state index >= 15 is 0 Å². The molecule has 3 nitrogen and oxygen atoms in total. The lowest BCUT2D eigenvalue weighted by molar-refractivity contribution is 0.00165. The highest BCUT2D eigenvalue weighted by Crippen LogP contribution is 2.41. The van der Waals surface area contributed by atoms with E-state index in [4.69, 9.17) is 4.74 Å². The molecule has 0 aromatic heterocycles. The van der Waals surface area contributed by atoms with Gasteiger partial charge in [0.25, 0.3) is 0 Å². The lowest BCUT2D eigenvalue weighted by atomic mass is 9.79. The van der Waals surface area contributed by atoms with Crippen molar-refractivity contribution in [3.8, 4) is 0 Å². The Kier molecular flexibility index (Phi) is 94.8. The van der Waals surface area contributed by atoms with Crippen LogP contribution in [0.3, 0.4) is 0 Å². The summed E-state index contributed by atoms with van der Waals surface area (Å²) in [5, 5.41) is 27.9. The van der Waals surface area contributed by atoms with Crippen LogP contribution in [0, 0.1) is 76.9 Å². The highest BCUT2D eigenvalue weighted by molar-refractivity contribution is 5.13. The molecule has 0 spiro atoms. The smallest absolute Gasteiger partial charge is 0.0716 e. The normalized spacial score (nSPS) is 12.7. The van der Waals surface area contributed by atoms with Crippen molar-refractivity contribution in [2.45, 2.75) is 719 Å². The van der Waals surface area contributed by atoms with Crippen LogP contribution in [0.4, 0.5) is 0 Å². The van der Waals surface area contributed by atoms with E-state index in [0.29, 0.717) is 12.5 Å². The summed E-state index contributed by atoms with van der Waals surface area (Å²) in [5.74, 6) is 11.0. The van der Waals surface area contributed by atoms with Crippen LogP contribution in [0.5, 0.6) is 0 Å². The lowest BCUT2D eigenvalue weighted by Crippen LogP contribution is -2.30. The van der Waals surface area contributed by atoms with Crippen molar-refractivity contribution in [2.24, 2.45) is 76.9 Å². The Morgan fingerprint density at radius 1 is 0.164 bits per heavy atom. The summed E-state index contributed by atoms with van der Waals surface area (Å²) in [6.07, 6.45) is 123. The average Bonchev–Trinajstić information content (AvgIpc) is 0.883. The highest BCUT2D eigenvalue weighted by Gasteiger charge is 2.32. The number of rotatable bonds is 110. The van der Waals surface area contributed by atoms with Gasteiger partial charge in [-0.2, -0.15) is 0 Å². The molecule has 0 aliphatic rings. The molecular weight excluding hydrogens is 1620 g/mol. The van der Waals surface area contributed by atoms with Gasteiger partial charge in [0.2, 0.25) is 0 Å². The summed E-state index contributed by atoms with van der Waals surface area (Å²) in [5.41, 5.74) is 0.0507. The Morgan fingerprint density at radius 2 is 0.284 bits per heavy atom. The van der Waals surface area contributed by atoms with E-state index in [0.717, 1.165) is 135 Å². The van der Waals surface area contributed by atoms with Gasteiger partial charge in [-0.3, -0.25) is 0 Å². The van der Waals surface area contributed by atoms with E-state index in [1.54, 1.807) is 0 Å². The van der Waals surface area contributed by atoms with Crippen LogP contribution in [0.1, 0.15) is 707 Å². The zero-order valence-corrected chi connectivity index (χ0v) is 95.7. The third-order valence-electron chi connectivity index (χ3n) is 34.8. The van der Waals surface area contributed by atoms with Gasteiger partial charge in [0.1, 0.15) is 0 Å². The van der Waals surface area contributed by atoms with E-state index < -0.39 is 11.2 Å². The standard InChI is InChI=1S/C131H256O3/c1-17-33-67-116(68-34-18-2)85-52-93-124(94-53-86-117(69-35-19-3)70-36-20-4)101-60-108-130(132,109-61-102-125(95-54-87-118(71-37-21-5)72-38-22-6)96-55-88-119(73-39-23-7)74-40-24-8)112-64-105-128(107-66-114-134-115-129-83-50-49-51-84-129)106-65-113-131(133,110-62-103-126(97-56-89-120(75-41-25-9)76-42-26-10)98-57-90-121(77-43-27-11)78-44-28-12)111-63-104-127(99-58-91-122(79-45-29-13)80-46-30-14)100-59-92-123(81-47-31-15)82-48-32-16/h49-51,83-84,116-128,132-133H,17-48,52-82,85-115H2,1-16H3. The Bertz CT molecular complexity index is 1980. The van der Waals surface area contributed by atoms with Crippen molar-refractivity contribution in [3.63, 3.8) is 0 Å². The molecule has 0 radical (unpaired) electrons. The molecule has 1 rings (SSSR count). The van der Waals surface area contributed by atoms with E-state index in [2.05, 4.69) is 141 Å². The van der Waals surface area contributed by atoms with Gasteiger partial charge in [-0.15, -0.1) is 0 Å². The molecule has 0 amide bonds. The first-order valence-electron chi connectivity index (χ1n) is 63.6. The first-order chi connectivity index (χ1) is 65.6. The summed E-state index contributed by atoms with van der Waals surface area (Å²) in [6, 6.07) is 10.9. The fraction of sp³-hybridized carbons (Fsp3) is 0.954. The van der Waals surface area contributed by atoms with Crippen LogP contribution < -0.4 is 0 Å². The van der Waals surface area contributed by atoms with Crippen molar-refractivity contribution >= 4 is 0 Å². The van der Waals surface area contributed by atoms with E-state index in [1.165, 1.54) is 538 Å². The van der Waals surface area contributed by atoms with Crippen LogP contribution in [0.15, 0.2) is 30.3 Å². The molecule has 0 saturated heterocycles. The minimum atomic E-state index is -0.614. The summed E-state index contributed by atoms with van der Waals surface area (Å²) < 4.78 is 6.60. The van der Waals surface area contributed by atoms with Gasteiger partial charge in [-0.25, -0.2) is 0 Å². The van der Waals surface area contributed by atoms with Gasteiger partial charge in [-0.1, -0.05) is 680 Å². The predicted molar refractivity (Wildman–Crippen MR) is 607 cm³/mol. The van der Waals surface area contributed by atoms with E-state index in [1.807, 2.05) is 0 Å². The molecule has 3 heteroatoms. The molecule has 2 N–H and O–H groups in total. The summed E-state index contributed by atoms with van der Waals surface area (Å²) in [6.45, 7) is 40.1. The Labute approximate surface area is 848 Å². The van der Waals surface area contributed by atoms with Gasteiger partial charge >= 0.3 is 0 Å². The molecular formula is C131H256O3. The molecule has 0 aliphatic carbocycles. The molecule has 0 unspecified atom stereocenters. The van der Waals surface area contributed by atoms with Crippen molar-refractivity contribution in [1.29, 1.82) is 0 Å². The van der Waals surface area contributed by atoms with Crippen LogP contribution in [-0.4, -0.2) is 28.0 Å². The number of ether oxygens (including phenoxy) is 1. The Morgan fingerprint density at radius 3 is 0.418 bits per heavy atom. The third-order valence-corrected chi connectivity index (χ3v) is 34.8. The van der Waals surface area contributed by atoms with Crippen molar-refractivity contribution in [1.82, 2.24) is 0 Å². The van der Waals surface area contributed by atoms with Gasteiger partial charge in [0, 0.05) is 6.61 Å². The topological polar surface area (TPSA) is 49.7 Å².